The van der Waals surface area contributed by atoms with E-state index in [0.717, 1.165) is 6.61 Å². The second-order valence-electron chi connectivity index (χ2n) is 12.6. The van der Waals surface area contributed by atoms with Gasteiger partial charge in [-0.25, -0.2) is 0 Å². The van der Waals surface area contributed by atoms with Crippen LogP contribution >= 0.6 is 22.6 Å². The van der Waals surface area contributed by atoms with E-state index < -0.39 is 8.32 Å². The monoisotopic (exact) mass is 662 g/mol. The molecule has 0 aliphatic carbocycles. The van der Waals surface area contributed by atoms with E-state index in [1.54, 1.807) is 0 Å². The number of unbranched alkanes of at least 4 members (excludes halogenated alkanes) is 17. The minimum absolute atomic E-state index is 0.0728. The maximum absolute atomic E-state index is 7.04. The van der Waals surface area contributed by atoms with Gasteiger partial charge in [0.05, 0.1) is 0 Å². The lowest BCUT2D eigenvalue weighted by molar-refractivity contribution is 0.286. The number of halogens is 1. The smallest absolute Gasteiger partial charge is 0.261 e. The summed E-state index contributed by atoms with van der Waals surface area (Å²) in [5, 5.41) is 2.85. The van der Waals surface area contributed by atoms with E-state index >= 15 is 0 Å². The zero-order valence-electron chi connectivity index (χ0n) is 25.7. The predicted octanol–water partition coefficient (Wildman–Crippen LogP) is 11.0. The van der Waals surface area contributed by atoms with Crippen LogP contribution < -0.4 is 10.4 Å². The van der Waals surface area contributed by atoms with Crippen molar-refractivity contribution in [1.82, 2.24) is 0 Å². The molecule has 0 aliphatic rings. The van der Waals surface area contributed by atoms with Gasteiger partial charge in [0.15, 0.2) is 0 Å². The molecule has 0 heterocycles. The summed E-state index contributed by atoms with van der Waals surface area (Å²) in [5.41, 5.74) is 0. The van der Waals surface area contributed by atoms with Crippen LogP contribution in [0.2, 0.25) is 5.04 Å². The zero-order chi connectivity index (χ0) is 28.1. The largest absolute Gasteiger partial charge is 0.407 e. The molecule has 3 heteroatoms. The highest BCUT2D eigenvalue weighted by atomic mass is 127. The van der Waals surface area contributed by atoms with Gasteiger partial charge in [-0.05, 0) is 32.7 Å². The molecule has 0 bridgehead atoms. The molecule has 0 aromatic heterocycles. The molecule has 0 atom stereocenters. The van der Waals surface area contributed by atoms with Crippen LogP contribution in [0.25, 0.3) is 0 Å². The van der Waals surface area contributed by atoms with Gasteiger partial charge in [0.2, 0.25) is 0 Å². The Morgan fingerprint density at radius 3 is 1.10 bits per heavy atom. The van der Waals surface area contributed by atoms with E-state index in [4.69, 9.17) is 4.43 Å². The van der Waals surface area contributed by atoms with Crippen LogP contribution in [0.4, 0.5) is 0 Å². The molecule has 39 heavy (non-hydrogen) atoms. The van der Waals surface area contributed by atoms with Crippen molar-refractivity contribution in [1.29, 1.82) is 0 Å². The van der Waals surface area contributed by atoms with Crippen molar-refractivity contribution >= 4 is 41.3 Å². The summed E-state index contributed by atoms with van der Waals surface area (Å²) in [6.45, 7) is 7.98. The Hall–Kier alpha value is -0.653. The number of hydrogen-bond donors (Lipinski definition) is 0. The fourth-order valence-electron chi connectivity index (χ4n) is 6.01. The van der Waals surface area contributed by atoms with E-state index in [1.807, 2.05) is 0 Å². The molecule has 0 amide bonds. The second kappa shape index (κ2) is 21.1. The first-order chi connectivity index (χ1) is 19.0. The van der Waals surface area contributed by atoms with Gasteiger partial charge in [-0.15, -0.1) is 0 Å². The maximum Gasteiger partial charge on any atom is 0.261 e. The molecule has 0 saturated carbocycles. The lowest BCUT2D eigenvalue weighted by atomic mass is 10.0. The van der Waals surface area contributed by atoms with Crippen LogP contribution in [0.1, 0.15) is 136 Å². The standard InChI is InChI=1S/C36H59IOSi/c1-36(2,3)39(34-28-22-20-23-29-34,35-30-24-21-25-31-35)38-33-27-19-17-15-13-11-9-7-5-4-6-8-10-12-14-16-18-26-32-37/h20-25,28-31H,4-19,26-27,32-33H2,1-3H3. The van der Waals surface area contributed by atoms with Gasteiger partial charge in [-0.2, -0.15) is 0 Å². The Kier molecular flexibility index (Phi) is 18.7. The first kappa shape index (κ1) is 34.5. The third-order valence-corrected chi connectivity index (χ3v) is 14.1. The molecule has 2 rings (SSSR count). The minimum Gasteiger partial charge on any atom is -0.407 e. The van der Waals surface area contributed by atoms with Crippen molar-refractivity contribution in [2.75, 3.05) is 11.0 Å². The first-order valence-corrected chi connectivity index (χ1v) is 19.8. The summed E-state index contributed by atoms with van der Waals surface area (Å²) in [5.74, 6) is 0. The molecular formula is C36H59IOSi. The van der Waals surface area contributed by atoms with E-state index in [0.29, 0.717) is 0 Å². The number of rotatable bonds is 23. The van der Waals surface area contributed by atoms with Gasteiger partial charge in [0, 0.05) is 6.61 Å². The van der Waals surface area contributed by atoms with Crippen molar-refractivity contribution in [2.24, 2.45) is 0 Å². The van der Waals surface area contributed by atoms with Crippen molar-refractivity contribution in [3.63, 3.8) is 0 Å². The van der Waals surface area contributed by atoms with E-state index in [-0.39, 0.29) is 5.04 Å². The van der Waals surface area contributed by atoms with Crippen LogP contribution in [-0.2, 0) is 4.43 Å². The molecule has 2 aromatic carbocycles. The molecule has 0 aliphatic heterocycles. The SMILES string of the molecule is CC(C)(C)[Si](OCCCCCCCCCCCCCCCCCCCCI)(c1ccccc1)c1ccccc1. The average molecular weight is 663 g/mol. The summed E-state index contributed by atoms with van der Waals surface area (Å²) < 4.78 is 8.37. The molecule has 1 nitrogen and oxygen atoms in total. The molecule has 2 aromatic rings. The van der Waals surface area contributed by atoms with E-state index in [1.165, 1.54) is 130 Å². The third kappa shape index (κ3) is 13.2. The summed E-state index contributed by atoms with van der Waals surface area (Å²) in [7, 11) is -2.36. The third-order valence-electron chi connectivity index (χ3n) is 8.26. The Bertz CT molecular complexity index is 777. The number of hydrogen-bond acceptors (Lipinski definition) is 1. The van der Waals surface area contributed by atoms with Crippen molar-refractivity contribution in [2.45, 2.75) is 141 Å². The van der Waals surface area contributed by atoms with Crippen LogP contribution in [0.15, 0.2) is 60.7 Å². The highest BCUT2D eigenvalue weighted by molar-refractivity contribution is 14.1. The Labute approximate surface area is 257 Å². The summed E-state index contributed by atoms with van der Waals surface area (Å²) in [6.07, 6.45) is 25.5. The van der Waals surface area contributed by atoms with Gasteiger partial charge in [0.25, 0.3) is 8.32 Å². The highest BCUT2D eigenvalue weighted by Crippen LogP contribution is 2.36. The van der Waals surface area contributed by atoms with Gasteiger partial charge in [0.1, 0.15) is 0 Å². The van der Waals surface area contributed by atoms with Gasteiger partial charge >= 0.3 is 0 Å². The molecule has 0 radical (unpaired) electrons. The molecule has 0 fully saturated rings. The van der Waals surface area contributed by atoms with Crippen LogP contribution in [0, 0.1) is 0 Å². The Morgan fingerprint density at radius 1 is 0.487 bits per heavy atom. The topological polar surface area (TPSA) is 9.23 Å². The van der Waals surface area contributed by atoms with Gasteiger partial charge < -0.3 is 4.43 Å². The van der Waals surface area contributed by atoms with Gasteiger partial charge in [-0.3, -0.25) is 0 Å². The fourth-order valence-corrected chi connectivity index (χ4v) is 11.2. The quantitative estimate of drug-likeness (QED) is 0.0498. The first-order valence-electron chi connectivity index (χ1n) is 16.3. The summed E-state index contributed by atoms with van der Waals surface area (Å²) >= 11 is 2.50. The van der Waals surface area contributed by atoms with E-state index in [9.17, 15) is 0 Å². The van der Waals surface area contributed by atoms with Gasteiger partial charge in [-0.1, -0.05) is 207 Å². The molecule has 0 unspecified atom stereocenters. The van der Waals surface area contributed by atoms with Crippen LogP contribution in [0.3, 0.4) is 0 Å². The Balaban J connectivity index is 1.55. The Morgan fingerprint density at radius 2 is 0.795 bits per heavy atom. The molecule has 0 spiro atoms. The lowest BCUT2D eigenvalue weighted by Gasteiger charge is -2.43. The van der Waals surface area contributed by atoms with E-state index in [2.05, 4.69) is 104 Å². The van der Waals surface area contributed by atoms with Crippen molar-refractivity contribution < 1.29 is 4.43 Å². The zero-order valence-corrected chi connectivity index (χ0v) is 28.9. The molecule has 0 saturated heterocycles. The second-order valence-corrected chi connectivity index (χ2v) is 17.9. The van der Waals surface area contributed by atoms with Crippen molar-refractivity contribution in [3.05, 3.63) is 60.7 Å². The van der Waals surface area contributed by atoms with Crippen molar-refractivity contribution in [3.8, 4) is 0 Å². The predicted molar refractivity (Wildman–Crippen MR) is 186 cm³/mol. The number of benzene rings is 2. The van der Waals surface area contributed by atoms with Crippen LogP contribution in [0.5, 0.6) is 0 Å². The molecule has 0 N–H and O–H groups in total. The highest BCUT2D eigenvalue weighted by Gasteiger charge is 2.49. The average Bonchev–Trinajstić information content (AvgIpc) is 2.94. The fraction of sp³-hybridized carbons (Fsp3) is 0.667. The number of alkyl halides is 1. The summed E-state index contributed by atoms with van der Waals surface area (Å²) in [6, 6.07) is 22.1. The molecular weight excluding hydrogens is 603 g/mol. The normalized spacial score (nSPS) is 12.2. The van der Waals surface area contributed by atoms with Crippen LogP contribution in [-0.4, -0.2) is 19.4 Å². The lowest BCUT2D eigenvalue weighted by Crippen LogP contribution is -2.66. The maximum atomic E-state index is 7.04. The molecule has 220 valence electrons. The summed E-state index contributed by atoms with van der Waals surface area (Å²) in [4.78, 5) is 0. The minimum atomic E-state index is -2.36.